The van der Waals surface area contributed by atoms with Crippen LogP contribution in [0.2, 0.25) is 0 Å². The van der Waals surface area contributed by atoms with E-state index < -0.39 is 11.6 Å². The summed E-state index contributed by atoms with van der Waals surface area (Å²) in [7, 11) is 0. The maximum Gasteiger partial charge on any atom is 0.159 e. The zero-order valence-electron chi connectivity index (χ0n) is 10.9. The Labute approximate surface area is 116 Å². The van der Waals surface area contributed by atoms with Crippen molar-refractivity contribution in [1.82, 2.24) is 4.90 Å². The predicted molar refractivity (Wildman–Crippen MR) is 74.9 cm³/mol. The van der Waals surface area contributed by atoms with Gasteiger partial charge in [-0.2, -0.15) is 0 Å². The maximum absolute atomic E-state index is 13.2. The van der Waals surface area contributed by atoms with Gasteiger partial charge >= 0.3 is 0 Å². The summed E-state index contributed by atoms with van der Waals surface area (Å²) in [6.45, 7) is 5.88. The molecule has 0 aliphatic heterocycles. The number of benzene rings is 1. The van der Waals surface area contributed by atoms with Crippen molar-refractivity contribution in [3.8, 4) is 0 Å². The Morgan fingerprint density at radius 2 is 1.83 bits per heavy atom. The molecule has 0 aromatic heterocycles. The quantitative estimate of drug-likeness (QED) is 0.675. The van der Waals surface area contributed by atoms with E-state index in [0.717, 1.165) is 30.3 Å². The molecule has 0 atom stereocenters. The molecule has 18 heavy (non-hydrogen) atoms. The van der Waals surface area contributed by atoms with Gasteiger partial charge < -0.3 is 0 Å². The fourth-order valence-electron chi connectivity index (χ4n) is 2.18. The van der Waals surface area contributed by atoms with Crippen molar-refractivity contribution in [3.63, 3.8) is 0 Å². The van der Waals surface area contributed by atoms with E-state index in [4.69, 9.17) is 0 Å². The molecule has 0 unspecified atom stereocenters. The highest BCUT2D eigenvalue weighted by molar-refractivity contribution is 9.09. The second-order valence-electron chi connectivity index (χ2n) is 4.38. The van der Waals surface area contributed by atoms with E-state index in [9.17, 15) is 8.78 Å². The molecule has 0 saturated heterocycles. The summed E-state index contributed by atoms with van der Waals surface area (Å²) in [6.07, 6.45) is 2.13. The molecular weight excluding hydrogens is 300 g/mol. The van der Waals surface area contributed by atoms with Crippen LogP contribution in [0.3, 0.4) is 0 Å². The van der Waals surface area contributed by atoms with Crippen molar-refractivity contribution in [2.75, 3.05) is 11.9 Å². The average Bonchev–Trinajstić information content (AvgIpc) is 2.35. The predicted octanol–water partition coefficient (Wildman–Crippen LogP) is 4.35. The molecule has 0 saturated carbocycles. The van der Waals surface area contributed by atoms with Crippen LogP contribution < -0.4 is 0 Å². The Bertz CT molecular complexity index is 367. The molecule has 0 heterocycles. The number of rotatable bonds is 7. The SMILES string of the molecule is CCC(CC)N(CCBr)Cc1ccc(F)c(F)c1. The summed E-state index contributed by atoms with van der Waals surface area (Å²) in [5, 5.41) is 0.882. The standard InChI is InChI=1S/C14H20BrF2N/c1-3-12(4-2)18(8-7-15)10-11-5-6-13(16)14(17)9-11/h5-6,9,12H,3-4,7-8,10H2,1-2H3. The summed E-state index contributed by atoms with van der Waals surface area (Å²) in [5.41, 5.74) is 0.821. The normalized spacial score (nSPS) is 11.5. The third-order valence-electron chi connectivity index (χ3n) is 3.20. The Morgan fingerprint density at radius 1 is 1.17 bits per heavy atom. The van der Waals surface area contributed by atoms with Gasteiger partial charge in [0.1, 0.15) is 0 Å². The molecule has 1 rings (SSSR count). The van der Waals surface area contributed by atoms with Crippen molar-refractivity contribution >= 4 is 15.9 Å². The number of nitrogens with zero attached hydrogens (tertiary/aromatic N) is 1. The largest absolute Gasteiger partial charge is 0.295 e. The molecule has 0 aliphatic carbocycles. The molecule has 1 nitrogen and oxygen atoms in total. The van der Waals surface area contributed by atoms with Crippen LogP contribution in [0, 0.1) is 11.6 Å². The smallest absolute Gasteiger partial charge is 0.159 e. The van der Waals surface area contributed by atoms with Gasteiger partial charge in [-0.1, -0.05) is 35.8 Å². The van der Waals surface area contributed by atoms with Gasteiger partial charge in [0, 0.05) is 24.5 Å². The molecule has 1 aromatic rings. The van der Waals surface area contributed by atoms with Crippen molar-refractivity contribution in [1.29, 1.82) is 0 Å². The first-order valence-electron chi connectivity index (χ1n) is 6.36. The Balaban J connectivity index is 2.78. The lowest BCUT2D eigenvalue weighted by atomic mass is 10.1. The van der Waals surface area contributed by atoms with Crippen LogP contribution in [-0.2, 0) is 6.54 Å². The zero-order chi connectivity index (χ0) is 13.5. The molecule has 0 N–H and O–H groups in total. The summed E-state index contributed by atoms with van der Waals surface area (Å²) in [6, 6.07) is 4.63. The van der Waals surface area contributed by atoms with Gasteiger partial charge in [-0.15, -0.1) is 0 Å². The van der Waals surface area contributed by atoms with Gasteiger partial charge in [0.2, 0.25) is 0 Å². The van der Waals surface area contributed by atoms with Crippen molar-refractivity contribution in [2.45, 2.75) is 39.3 Å². The Hall–Kier alpha value is -0.480. The third kappa shape index (κ3) is 4.32. The minimum Gasteiger partial charge on any atom is -0.295 e. The molecule has 0 radical (unpaired) electrons. The summed E-state index contributed by atoms with van der Waals surface area (Å²) in [5.74, 6) is -1.55. The van der Waals surface area contributed by atoms with Crippen LogP contribution in [0.4, 0.5) is 8.78 Å². The minimum absolute atomic E-state index is 0.482. The lowest BCUT2D eigenvalue weighted by molar-refractivity contribution is 0.189. The molecule has 0 amide bonds. The molecule has 0 aliphatic rings. The first-order chi connectivity index (χ1) is 8.62. The Morgan fingerprint density at radius 3 is 2.33 bits per heavy atom. The second kappa shape index (κ2) is 7.85. The highest BCUT2D eigenvalue weighted by Crippen LogP contribution is 2.16. The first-order valence-corrected chi connectivity index (χ1v) is 7.48. The number of hydrogen-bond donors (Lipinski definition) is 0. The van der Waals surface area contributed by atoms with Gasteiger partial charge in [0.15, 0.2) is 11.6 Å². The van der Waals surface area contributed by atoms with Crippen LogP contribution in [-0.4, -0.2) is 22.8 Å². The van der Waals surface area contributed by atoms with E-state index in [0.29, 0.717) is 12.6 Å². The van der Waals surface area contributed by atoms with Crippen LogP contribution in [0.15, 0.2) is 18.2 Å². The number of hydrogen-bond acceptors (Lipinski definition) is 1. The van der Waals surface area contributed by atoms with Crippen LogP contribution >= 0.6 is 15.9 Å². The summed E-state index contributed by atoms with van der Waals surface area (Å²) < 4.78 is 26.1. The lowest BCUT2D eigenvalue weighted by Crippen LogP contribution is -2.35. The third-order valence-corrected chi connectivity index (χ3v) is 3.55. The monoisotopic (exact) mass is 319 g/mol. The number of halogens is 3. The second-order valence-corrected chi connectivity index (χ2v) is 5.17. The van der Waals surface area contributed by atoms with Gasteiger partial charge in [0.25, 0.3) is 0 Å². The van der Waals surface area contributed by atoms with Gasteiger partial charge in [-0.3, -0.25) is 4.90 Å². The topological polar surface area (TPSA) is 3.24 Å². The summed E-state index contributed by atoms with van der Waals surface area (Å²) >= 11 is 3.44. The molecule has 1 aromatic carbocycles. The van der Waals surface area contributed by atoms with Gasteiger partial charge in [-0.05, 0) is 30.5 Å². The van der Waals surface area contributed by atoms with E-state index in [-0.39, 0.29) is 0 Å². The van der Waals surface area contributed by atoms with Crippen LogP contribution in [0.1, 0.15) is 32.3 Å². The fraction of sp³-hybridized carbons (Fsp3) is 0.571. The fourth-order valence-corrected chi connectivity index (χ4v) is 2.63. The van der Waals surface area contributed by atoms with E-state index in [1.54, 1.807) is 6.07 Å². The van der Waals surface area contributed by atoms with Crippen LogP contribution in [0.25, 0.3) is 0 Å². The van der Waals surface area contributed by atoms with E-state index in [1.807, 2.05) is 0 Å². The molecule has 0 bridgehead atoms. The summed E-state index contributed by atoms with van der Waals surface area (Å²) in [4.78, 5) is 2.31. The molecule has 4 heteroatoms. The Kier molecular flexibility index (Phi) is 6.79. The molecular formula is C14H20BrF2N. The van der Waals surface area contributed by atoms with Crippen LogP contribution in [0.5, 0.6) is 0 Å². The molecule has 0 fully saturated rings. The first kappa shape index (κ1) is 15.6. The van der Waals surface area contributed by atoms with Gasteiger partial charge in [0.05, 0.1) is 0 Å². The minimum atomic E-state index is -0.784. The van der Waals surface area contributed by atoms with E-state index in [2.05, 4.69) is 34.7 Å². The molecule has 102 valence electrons. The average molecular weight is 320 g/mol. The van der Waals surface area contributed by atoms with Crippen molar-refractivity contribution in [2.24, 2.45) is 0 Å². The van der Waals surface area contributed by atoms with Crippen molar-refractivity contribution in [3.05, 3.63) is 35.4 Å². The zero-order valence-corrected chi connectivity index (χ0v) is 12.5. The lowest BCUT2D eigenvalue weighted by Gasteiger charge is -2.30. The van der Waals surface area contributed by atoms with E-state index >= 15 is 0 Å². The molecule has 0 spiro atoms. The highest BCUT2D eigenvalue weighted by Gasteiger charge is 2.15. The van der Waals surface area contributed by atoms with Crippen molar-refractivity contribution < 1.29 is 8.78 Å². The highest BCUT2D eigenvalue weighted by atomic mass is 79.9. The van der Waals surface area contributed by atoms with Gasteiger partial charge in [-0.25, -0.2) is 8.78 Å². The maximum atomic E-state index is 13.2. The number of alkyl halides is 1. The van der Waals surface area contributed by atoms with E-state index in [1.165, 1.54) is 12.1 Å².